The number of aryl methyl sites for hydroxylation is 2. The van der Waals surface area contributed by atoms with E-state index in [-0.39, 0.29) is 0 Å². The molecule has 0 aliphatic carbocycles. The minimum atomic E-state index is 0.603. The van der Waals surface area contributed by atoms with Crippen LogP contribution in [0.4, 0.5) is 0 Å². The minimum absolute atomic E-state index is 0.603. The van der Waals surface area contributed by atoms with Crippen LogP contribution in [-0.4, -0.2) is 27.1 Å². The van der Waals surface area contributed by atoms with Gasteiger partial charge in [0.05, 0.1) is 12.2 Å². The van der Waals surface area contributed by atoms with E-state index in [4.69, 9.17) is 0 Å². The lowest BCUT2D eigenvalue weighted by atomic mass is 10.2. The van der Waals surface area contributed by atoms with Crippen molar-refractivity contribution < 1.29 is 4.63 Å². The number of aromatic nitrogens is 4. The largest absolute Gasteiger partial charge is 0.316 e. The van der Waals surface area contributed by atoms with Crippen molar-refractivity contribution in [2.45, 2.75) is 33.9 Å². The van der Waals surface area contributed by atoms with E-state index >= 15 is 0 Å². The van der Waals surface area contributed by atoms with E-state index < -0.39 is 0 Å². The molecule has 0 amide bonds. The van der Waals surface area contributed by atoms with E-state index in [0.29, 0.717) is 6.54 Å². The lowest BCUT2D eigenvalue weighted by Gasteiger charge is -2.03. The average Bonchev–Trinajstić information content (AvgIpc) is 2.79. The first-order valence-corrected chi connectivity index (χ1v) is 5.59. The highest BCUT2D eigenvalue weighted by molar-refractivity contribution is 5.25. The summed E-state index contributed by atoms with van der Waals surface area (Å²) in [5.74, 6) is 0. The van der Waals surface area contributed by atoms with Crippen molar-refractivity contribution in [2.75, 3.05) is 7.05 Å². The number of nitrogens with zero attached hydrogens (tertiary/aromatic N) is 4. The number of hydrogen-bond donors (Lipinski definition) is 1. The first-order valence-electron chi connectivity index (χ1n) is 5.59. The predicted molar refractivity (Wildman–Crippen MR) is 62.6 cm³/mol. The van der Waals surface area contributed by atoms with Crippen LogP contribution in [-0.2, 0) is 13.1 Å². The summed E-state index contributed by atoms with van der Waals surface area (Å²) < 4.78 is 6.63. The third-order valence-corrected chi connectivity index (χ3v) is 2.93. The molecule has 0 unspecified atom stereocenters. The summed E-state index contributed by atoms with van der Waals surface area (Å²) in [5.41, 5.74) is 5.08. The molecule has 0 aliphatic heterocycles. The van der Waals surface area contributed by atoms with Crippen LogP contribution in [0.25, 0.3) is 0 Å². The van der Waals surface area contributed by atoms with Gasteiger partial charge in [0, 0.05) is 17.8 Å². The molecule has 0 aromatic carbocycles. The van der Waals surface area contributed by atoms with Crippen LogP contribution in [0.3, 0.4) is 0 Å². The van der Waals surface area contributed by atoms with Gasteiger partial charge in [0.15, 0.2) is 0 Å². The van der Waals surface area contributed by atoms with Gasteiger partial charge in [-0.2, -0.15) is 5.10 Å². The molecule has 2 heterocycles. The molecule has 2 aromatic heterocycles. The SMILES string of the molecule is CNCc1c(C)nn(Cc2nonc2C)c1C. The van der Waals surface area contributed by atoms with Crippen LogP contribution in [0.5, 0.6) is 0 Å². The van der Waals surface area contributed by atoms with E-state index in [2.05, 4.69) is 32.3 Å². The van der Waals surface area contributed by atoms with E-state index in [0.717, 1.165) is 29.3 Å². The molecular formula is C11H17N5O. The summed E-state index contributed by atoms with van der Waals surface area (Å²) in [4.78, 5) is 0. The van der Waals surface area contributed by atoms with Crippen molar-refractivity contribution in [1.82, 2.24) is 25.4 Å². The Balaban J connectivity index is 2.28. The molecule has 2 rings (SSSR count). The molecule has 0 aliphatic rings. The molecule has 6 nitrogen and oxygen atoms in total. The molecule has 92 valence electrons. The highest BCUT2D eigenvalue weighted by atomic mass is 16.6. The van der Waals surface area contributed by atoms with E-state index in [1.54, 1.807) is 0 Å². The van der Waals surface area contributed by atoms with Gasteiger partial charge in [0.25, 0.3) is 0 Å². The first kappa shape index (κ1) is 11.8. The summed E-state index contributed by atoms with van der Waals surface area (Å²) in [6.07, 6.45) is 0. The quantitative estimate of drug-likeness (QED) is 0.854. The van der Waals surface area contributed by atoms with Crippen LogP contribution >= 0.6 is 0 Å². The molecule has 0 fully saturated rings. The standard InChI is InChI=1S/C11H17N5O/c1-7-10(5-12-4)9(3)16(13-7)6-11-8(2)14-17-15-11/h12H,5-6H2,1-4H3. The summed E-state index contributed by atoms with van der Waals surface area (Å²) in [5, 5.41) is 15.3. The molecule has 0 bridgehead atoms. The fraction of sp³-hybridized carbons (Fsp3) is 0.545. The average molecular weight is 235 g/mol. The lowest BCUT2D eigenvalue weighted by molar-refractivity contribution is 0.300. The molecular weight excluding hydrogens is 218 g/mol. The Morgan fingerprint density at radius 2 is 1.94 bits per heavy atom. The van der Waals surface area contributed by atoms with Crippen molar-refractivity contribution in [3.05, 3.63) is 28.3 Å². The summed E-state index contributed by atoms with van der Waals surface area (Å²) in [7, 11) is 1.93. The highest BCUT2D eigenvalue weighted by Gasteiger charge is 2.13. The van der Waals surface area contributed by atoms with Gasteiger partial charge >= 0.3 is 0 Å². The maximum Gasteiger partial charge on any atom is 0.129 e. The van der Waals surface area contributed by atoms with E-state index in [1.807, 2.05) is 25.6 Å². The maximum atomic E-state index is 4.69. The fourth-order valence-corrected chi connectivity index (χ4v) is 1.86. The van der Waals surface area contributed by atoms with Gasteiger partial charge < -0.3 is 5.32 Å². The third kappa shape index (κ3) is 2.21. The second-order valence-corrected chi connectivity index (χ2v) is 4.13. The molecule has 17 heavy (non-hydrogen) atoms. The van der Waals surface area contributed by atoms with Gasteiger partial charge in [0.2, 0.25) is 0 Å². The lowest BCUT2D eigenvalue weighted by Crippen LogP contribution is -2.09. The molecule has 6 heteroatoms. The fourth-order valence-electron chi connectivity index (χ4n) is 1.86. The van der Waals surface area contributed by atoms with Crippen LogP contribution < -0.4 is 5.32 Å². The molecule has 0 radical (unpaired) electrons. The summed E-state index contributed by atoms with van der Waals surface area (Å²) in [6, 6.07) is 0. The smallest absolute Gasteiger partial charge is 0.129 e. The normalized spacial score (nSPS) is 11.1. The topological polar surface area (TPSA) is 68.8 Å². The van der Waals surface area contributed by atoms with Crippen molar-refractivity contribution in [1.29, 1.82) is 0 Å². The first-order chi connectivity index (χ1) is 8.13. The Labute approximate surface area is 100.0 Å². The molecule has 0 spiro atoms. The van der Waals surface area contributed by atoms with Crippen LogP contribution in [0.1, 0.15) is 28.3 Å². The van der Waals surface area contributed by atoms with Gasteiger partial charge in [-0.05, 0) is 27.8 Å². The molecule has 0 saturated heterocycles. The van der Waals surface area contributed by atoms with Crippen LogP contribution in [0.15, 0.2) is 4.63 Å². The number of rotatable bonds is 4. The second kappa shape index (κ2) is 4.67. The van der Waals surface area contributed by atoms with Crippen LogP contribution in [0.2, 0.25) is 0 Å². The maximum absolute atomic E-state index is 4.69. The Bertz CT molecular complexity index is 514. The van der Waals surface area contributed by atoms with Gasteiger partial charge in [0.1, 0.15) is 11.4 Å². The zero-order valence-corrected chi connectivity index (χ0v) is 10.6. The number of nitrogens with one attached hydrogen (secondary N) is 1. The van der Waals surface area contributed by atoms with Crippen molar-refractivity contribution in [3.63, 3.8) is 0 Å². The van der Waals surface area contributed by atoms with Crippen LogP contribution in [0, 0.1) is 20.8 Å². The molecule has 2 aromatic rings. The number of hydrogen-bond acceptors (Lipinski definition) is 5. The monoisotopic (exact) mass is 235 g/mol. The van der Waals surface area contributed by atoms with Gasteiger partial charge in [-0.15, -0.1) is 0 Å². The molecule has 0 saturated carbocycles. The predicted octanol–water partition coefficient (Wildman–Crippen LogP) is 0.959. The highest BCUT2D eigenvalue weighted by Crippen LogP contribution is 2.14. The second-order valence-electron chi connectivity index (χ2n) is 4.13. The van der Waals surface area contributed by atoms with Gasteiger partial charge in [-0.1, -0.05) is 10.3 Å². The molecule has 0 atom stereocenters. The summed E-state index contributed by atoms with van der Waals surface area (Å²) in [6.45, 7) is 7.39. The zero-order chi connectivity index (χ0) is 12.4. The molecule has 1 N–H and O–H groups in total. The Kier molecular flexibility index (Phi) is 3.23. The Hall–Kier alpha value is -1.69. The van der Waals surface area contributed by atoms with Crippen molar-refractivity contribution in [2.24, 2.45) is 0 Å². The van der Waals surface area contributed by atoms with Gasteiger partial charge in [-0.25, -0.2) is 4.63 Å². The Morgan fingerprint density at radius 1 is 1.18 bits per heavy atom. The third-order valence-electron chi connectivity index (χ3n) is 2.93. The zero-order valence-electron chi connectivity index (χ0n) is 10.6. The minimum Gasteiger partial charge on any atom is -0.316 e. The van der Waals surface area contributed by atoms with Crippen molar-refractivity contribution >= 4 is 0 Å². The summed E-state index contributed by atoms with van der Waals surface area (Å²) >= 11 is 0. The van der Waals surface area contributed by atoms with E-state index in [1.165, 1.54) is 5.56 Å². The van der Waals surface area contributed by atoms with Crippen molar-refractivity contribution in [3.8, 4) is 0 Å². The van der Waals surface area contributed by atoms with E-state index in [9.17, 15) is 0 Å². The van der Waals surface area contributed by atoms with Gasteiger partial charge in [-0.3, -0.25) is 4.68 Å². The Morgan fingerprint density at radius 3 is 2.53 bits per heavy atom.